The van der Waals surface area contributed by atoms with E-state index in [9.17, 15) is 0 Å². The highest BCUT2D eigenvalue weighted by Gasteiger charge is 2.42. The fraction of sp³-hybridized carbons (Fsp3) is 0.238. The molecule has 4 heterocycles. The summed E-state index contributed by atoms with van der Waals surface area (Å²) in [5, 5.41) is 9.11. The standard InChI is InChI=1S/C21H19N3O2S/c1-2-25-18-8-3-7-15-17-12-16(19-9-5-11-27-19)23-24(17)21(26-20(15)18)14-6-4-10-22-13-14/h3-11,13,17,21H,2,12H2,1H3/t17-,21-/m0/s1. The molecule has 0 unspecified atom stereocenters. The summed E-state index contributed by atoms with van der Waals surface area (Å²) in [4.78, 5) is 5.48. The van der Waals surface area contributed by atoms with Crippen LogP contribution in [0.2, 0.25) is 0 Å². The van der Waals surface area contributed by atoms with Crippen LogP contribution in [0.4, 0.5) is 0 Å². The Labute approximate surface area is 161 Å². The van der Waals surface area contributed by atoms with Crippen molar-refractivity contribution in [1.29, 1.82) is 0 Å². The maximum Gasteiger partial charge on any atom is 0.215 e. The monoisotopic (exact) mass is 377 g/mol. The number of hydrogen-bond acceptors (Lipinski definition) is 6. The Kier molecular flexibility index (Phi) is 4.05. The van der Waals surface area contributed by atoms with Crippen molar-refractivity contribution in [3.63, 3.8) is 0 Å². The molecule has 6 heteroatoms. The molecule has 0 radical (unpaired) electrons. The molecule has 3 aromatic rings. The minimum atomic E-state index is -0.324. The summed E-state index contributed by atoms with van der Waals surface area (Å²) in [6.45, 7) is 2.59. The van der Waals surface area contributed by atoms with Gasteiger partial charge < -0.3 is 9.47 Å². The maximum atomic E-state index is 6.44. The van der Waals surface area contributed by atoms with Crippen molar-refractivity contribution in [1.82, 2.24) is 9.99 Å². The number of hydrogen-bond donors (Lipinski definition) is 0. The molecular weight excluding hydrogens is 358 g/mol. The maximum absolute atomic E-state index is 6.44. The molecule has 5 nitrogen and oxygen atoms in total. The molecule has 0 spiro atoms. The lowest BCUT2D eigenvalue weighted by Crippen LogP contribution is -2.34. The molecule has 2 aliphatic heterocycles. The highest BCUT2D eigenvalue weighted by atomic mass is 32.1. The van der Waals surface area contributed by atoms with Crippen LogP contribution >= 0.6 is 11.3 Å². The lowest BCUT2D eigenvalue weighted by Gasteiger charge is -2.38. The first-order valence-electron chi connectivity index (χ1n) is 9.07. The molecule has 0 aliphatic carbocycles. The average molecular weight is 377 g/mol. The fourth-order valence-corrected chi connectivity index (χ4v) is 4.41. The largest absolute Gasteiger partial charge is 0.490 e. The fourth-order valence-electron chi connectivity index (χ4n) is 3.69. The van der Waals surface area contributed by atoms with Crippen LogP contribution in [0.3, 0.4) is 0 Å². The smallest absolute Gasteiger partial charge is 0.215 e. The Morgan fingerprint density at radius 2 is 2.19 bits per heavy atom. The zero-order chi connectivity index (χ0) is 18.2. The van der Waals surface area contributed by atoms with Gasteiger partial charge in [-0.25, -0.2) is 5.01 Å². The van der Waals surface area contributed by atoms with Crippen LogP contribution in [0.5, 0.6) is 11.5 Å². The summed E-state index contributed by atoms with van der Waals surface area (Å²) in [6, 6.07) is 14.4. The number of rotatable bonds is 4. The summed E-state index contributed by atoms with van der Waals surface area (Å²) >= 11 is 1.72. The molecule has 5 rings (SSSR count). The summed E-state index contributed by atoms with van der Waals surface area (Å²) < 4.78 is 12.3. The van der Waals surface area contributed by atoms with Gasteiger partial charge in [-0.2, -0.15) is 5.10 Å². The number of aromatic nitrogens is 1. The third-order valence-corrected chi connectivity index (χ3v) is 5.77. The normalized spacial score (nSPS) is 20.5. The molecule has 0 bridgehead atoms. The van der Waals surface area contributed by atoms with Crippen molar-refractivity contribution in [2.45, 2.75) is 25.6 Å². The van der Waals surface area contributed by atoms with Gasteiger partial charge in [0.05, 0.1) is 23.2 Å². The van der Waals surface area contributed by atoms with Gasteiger partial charge in [0.25, 0.3) is 0 Å². The predicted octanol–water partition coefficient (Wildman–Crippen LogP) is 4.78. The first kappa shape index (κ1) is 16.3. The van der Waals surface area contributed by atoms with Gasteiger partial charge >= 0.3 is 0 Å². The Bertz CT molecular complexity index is 972. The van der Waals surface area contributed by atoms with Crippen LogP contribution in [0.15, 0.2) is 65.3 Å². The lowest BCUT2D eigenvalue weighted by molar-refractivity contribution is -0.0214. The van der Waals surface area contributed by atoms with E-state index in [2.05, 4.69) is 33.6 Å². The number of nitrogens with zero attached hydrogens (tertiary/aromatic N) is 3. The summed E-state index contributed by atoms with van der Waals surface area (Å²) in [5.74, 6) is 1.60. The summed E-state index contributed by atoms with van der Waals surface area (Å²) in [6.07, 6.45) is 4.14. The number of benzene rings is 1. The molecule has 27 heavy (non-hydrogen) atoms. The van der Waals surface area contributed by atoms with Gasteiger partial charge in [-0.05, 0) is 30.5 Å². The zero-order valence-corrected chi connectivity index (χ0v) is 15.7. The van der Waals surface area contributed by atoms with Crippen molar-refractivity contribution < 1.29 is 9.47 Å². The first-order chi connectivity index (χ1) is 13.3. The highest BCUT2D eigenvalue weighted by molar-refractivity contribution is 7.12. The van der Waals surface area contributed by atoms with Gasteiger partial charge in [-0.3, -0.25) is 4.98 Å². The molecule has 2 aliphatic rings. The van der Waals surface area contributed by atoms with E-state index in [4.69, 9.17) is 14.6 Å². The first-order valence-corrected chi connectivity index (χ1v) is 9.95. The van der Waals surface area contributed by atoms with E-state index >= 15 is 0 Å². The van der Waals surface area contributed by atoms with E-state index in [-0.39, 0.29) is 12.3 Å². The minimum Gasteiger partial charge on any atom is -0.490 e. The van der Waals surface area contributed by atoms with Gasteiger partial charge in [0.1, 0.15) is 0 Å². The molecule has 0 saturated carbocycles. The number of fused-ring (bicyclic) bond motifs is 3. The second-order valence-corrected chi connectivity index (χ2v) is 7.44. The second kappa shape index (κ2) is 6.70. The average Bonchev–Trinajstić information content (AvgIpc) is 3.38. The Balaban J connectivity index is 1.62. The topological polar surface area (TPSA) is 47.0 Å². The predicted molar refractivity (Wildman–Crippen MR) is 105 cm³/mol. The highest BCUT2D eigenvalue weighted by Crippen LogP contribution is 2.50. The molecule has 2 atom stereocenters. The molecular formula is C21H19N3O2S. The molecule has 0 N–H and O–H groups in total. The van der Waals surface area contributed by atoms with Gasteiger partial charge in [0.2, 0.25) is 6.23 Å². The van der Waals surface area contributed by atoms with E-state index < -0.39 is 0 Å². The number of thiophene rings is 1. The molecule has 1 aromatic carbocycles. The van der Waals surface area contributed by atoms with Crippen LogP contribution in [0, 0.1) is 0 Å². The van der Waals surface area contributed by atoms with E-state index in [1.165, 1.54) is 4.88 Å². The number of para-hydroxylation sites is 1. The van der Waals surface area contributed by atoms with Crippen molar-refractivity contribution in [3.8, 4) is 11.5 Å². The number of pyridine rings is 1. The van der Waals surface area contributed by atoms with Crippen molar-refractivity contribution in [3.05, 3.63) is 76.2 Å². The molecule has 136 valence electrons. The van der Waals surface area contributed by atoms with Crippen molar-refractivity contribution in [2.75, 3.05) is 6.61 Å². The van der Waals surface area contributed by atoms with Gasteiger partial charge in [0.15, 0.2) is 11.5 Å². The van der Waals surface area contributed by atoms with Gasteiger partial charge in [-0.1, -0.05) is 24.3 Å². The summed E-state index contributed by atoms with van der Waals surface area (Å²) in [5.41, 5.74) is 3.20. The SMILES string of the molecule is CCOc1cccc2c1O[C@@H](c1cccnc1)N1N=C(c3cccs3)C[C@@H]21. The van der Waals surface area contributed by atoms with Crippen LogP contribution in [-0.4, -0.2) is 22.3 Å². The Morgan fingerprint density at radius 1 is 1.22 bits per heavy atom. The summed E-state index contributed by atoms with van der Waals surface area (Å²) in [7, 11) is 0. The van der Waals surface area contributed by atoms with E-state index in [0.29, 0.717) is 6.61 Å². The third kappa shape index (κ3) is 2.77. The Hall–Kier alpha value is -2.86. The Morgan fingerprint density at radius 3 is 2.96 bits per heavy atom. The zero-order valence-electron chi connectivity index (χ0n) is 14.9. The van der Waals surface area contributed by atoms with Gasteiger partial charge in [-0.15, -0.1) is 11.3 Å². The van der Waals surface area contributed by atoms with Crippen molar-refractivity contribution >= 4 is 17.0 Å². The van der Waals surface area contributed by atoms with Crippen LogP contribution in [0.1, 0.15) is 41.6 Å². The quantitative estimate of drug-likeness (QED) is 0.656. The van der Waals surface area contributed by atoms with Crippen LogP contribution in [-0.2, 0) is 0 Å². The van der Waals surface area contributed by atoms with Crippen LogP contribution in [0.25, 0.3) is 0 Å². The van der Waals surface area contributed by atoms with Crippen LogP contribution < -0.4 is 9.47 Å². The lowest BCUT2D eigenvalue weighted by atomic mass is 9.97. The molecule has 0 amide bonds. The number of ether oxygens (including phenoxy) is 2. The van der Waals surface area contributed by atoms with E-state index in [0.717, 1.165) is 34.8 Å². The molecule has 2 aromatic heterocycles. The molecule has 0 fully saturated rings. The van der Waals surface area contributed by atoms with Crippen molar-refractivity contribution in [2.24, 2.45) is 5.10 Å². The van der Waals surface area contributed by atoms with Gasteiger partial charge in [0, 0.05) is 29.9 Å². The van der Waals surface area contributed by atoms with E-state index in [1.807, 2.05) is 37.4 Å². The molecule has 0 saturated heterocycles. The van der Waals surface area contributed by atoms with E-state index in [1.54, 1.807) is 17.5 Å². The second-order valence-electron chi connectivity index (χ2n) is 6.49. The third-order valence-electron chi connectivity index (χ3n) is 4.86. The minimum absolute atomic E-state index is 0.122. The number of hydrazone groups is 1.